The fourth-order valence-corrected chi connectivity index (χ4v) is 4.42. The Labute approximate surface area is 170 Å². The molecule has 1 fully saturated rings. The zero-order valence-corrected chi connectivity index (χ0v) is 17.4. The molecule has 152 valence electrons. The Hall–Kier alpha value is -1.87. The second-order valence-electron chi connectivity index (χ2n) is 7.98. The number of fused-ring (bicyclic) bond motifs is 1. The molecule has 2 aromatic carbocycles. The van der Waals surface area contributed by atoms with E-state index < -0.39 is 0 Å². The molecule has 28 heavy (non-hydrogen) atoms. The van der Waals surface area contributed by atoms with Crippen molar-refractivity contribution < 1.29 is 9.53 Å². The largest absolute Gasteiger partial charge is 0.466 e. The zero-order chi connectivity index (χ0) is 19.6. The molecule has 0 amide bonds. The molecule has 0 N–H and O–H groups in total. The van der Waals surface area contributed by atoms with Gasteiger partial charge in [0.1, 0.15) is 0 Å². The summed E-state index contributed by atoms with van der Waals surface area (Å²) in [6, 6.07) is 14.6. The van der Waals surface area contributed by atoms with Crippen LogP contribution in [-0.2, 0) is 9.53 Å². The molecular weight excluding hydrogens is 346 g/mol. The third kappa shape index (κ3) is 5.81. The first-order valence-electron chi connectivity index (χ1n) is 11.2. The van der Waals surface area contributed by atoms with Crippen LogP contribution in [-0.4, -0.2) is 37.1 Å². The first kappa shape index (κ1) is 20.9. The van der Waals surface area contributed by atoms with Crippen LogP contribution in [0, 0.1) is 0 Å². The van der Waals surface area contributed by atoms with Gasteiger partial charge in [-0.1, -0.05) is 68.1 Å². The molecule has 1 atom stereocenters. The van der Waals surface area contributed by atoms with Gasteiger partial charge in [-0.15, -0.1) is 0 Å². The van der Waals surface area contributed by atoms with Crippen LogP contribution in [0.2, 0.25) is 0 Å². The Morgan fingerprint density at radius 3 is 2.54 bits per heavy atom. The lowest BCUT2D eigenvalue weighted by atomic mass is 9.89. The standard InChI is InChI=1S/C25H35NO2/c1-2-28-25(27)24(23-17-12-14-21-13-7-8-15-22(21)23)16-6-3-4-9-18-26-19-10-5-11-20-26/h7-8,12-15,17,24H,2-6,9-11,16,18-20H2,1H3. The highest BCUT2D eigenvalue weighted by Gasteiger charge is 2.23. The van der Waals surface area contributed by atoms with Gasteiger partial charge in [0.25, 0.3) is 0 Å². The molecule has 0 saturated carbocycles. The van der Waals surface area contributed by atoms with E-state index in [1.54, 1.807) is 0 Å². The predicted molar refractivity (Wildman–Crippen MR) is 117 cm³/mol. The molecule has 1 saturated heterocycles. The highest BCUT2D eigenvalue weighted by molar-refractivity contribution is 5.91. The quantitative estimate of drug-likeness (QED) is 0.378. The summed E-state index contributed by atoms with van der Waals surface area (Å²) in [7, 11) is 0. The molecule has 0 spiro atoms. The van der Waals surface area contributed by atoms with E-state index in [9.17, 15) is 4.79 Å². The number of hydrogen-bond acceptors (Lipinski definition) is 3. The van der Waals surface area contributed by atoms with E-state index in [4.69, 9.17) is 4.74 Å². The van der Waals surface area contributed by atoms with Gasteiger partial charge < -0.3 is 9.64 Å². The Morgan fingerprint density at radius 2 is 1.71 bits per heavy atom. The minimum absolute atomic E-state index is 0.0767. The van der Waals surface area contributed by atoms with Crippen molar-refractivity contribution in [2.45, 2.75) is 64.2 Å². The van der Waals surface area contributed by atoms with E-state index in [1.807, 2.05) is 13.0 Å². The number of carbonyl (C=O) groups is 1. The normalized spacial score (nSPS) is 16.2. The van der Waals surface area contributed by atoms with Crippen molar-refractivity contribution in [1.29, 1.82) is 0 Å². The van der Waals surface area contributed by atoms with E-state index in [0.29, 0.717) is 6.61 Å². The maximum Gasteiger partial charge on any atom is 0.313 e. The average molecular weight is 382 g/mol. The Bertz CT molecular complexity index is 731. The molecule has 1 aliphatic heterocycles. The molecule has 3 rings (SSSR count). The van der Waals surface area contributed by atoms with Crippen molar-refractivity contribution in [2.75, 3.05) is 26.2 Å². The van der Waals surface area contributed by atoms with Gasteiger partial charge in [0.15, 0.2) is 0 Å². The van der Waals surface area contributed by atoms with E-state index in [1.165, 1.54) is 68.9 Å². The first-order valence-corrected chi connectivity index (χ1v) is 11.2. The van der Waals surface area contributed by atoms with Gasteiger partial charge in [0.2, 0.25) is 0 Å². The summed E-state index contributed by atoms with van der Waals surface area (Å²) in [5.41, 5.74) is 1.12. The molecule has 0 radical (unpaired) electrons. The molecule has 1 heterocycles. The summed E-state index contributed by atoms with van der Waals surface area (Å²) in [5.74, 6) is -0.236. The van der Waals surface area contributed by atoms with Crippen molar-refractivity contribution in [3.63, 3.8) is 0 Å². The molecule has 0 bridgehead atoms. The van der Waals surface area contributed by atoms with Crippen molar-refractivity contribution in [3.05, 3.63) is 48.0 Å². The molecule has 1 unspecified atom stereocenters. The van der Waals surface area contributed by atoms with Gasteiger partial charge in [-0.2, -0.15) is 0 Å². The van der Waals surface area contributed by atoms with Crippen molar-refractivity contribution in [3.8, 4) is 0 Å². The van der Waals surface area contributed by atoms with E-state index >= 15 is 0 Å². The topological polar surface area (TPSA) is 29.5 Å². The molecule has 0 aliphatic carbocycles. The molecule has 0 aromatic heterocycles. The third-order valence-electron chi connectivity index (χ3n) is 5.94. The van der Waals surface area contributed by atoms with Crippen molar-refractivity contribution in [1.82, 2.24) is 4.90 Å². The van der Waals surface area contributed by atoms with Crippen LogP contribution < -0.4 is 0 Å². The monoisotopic (exact) mass is 381 g/mol. The van der Waals surface area contributed by atoms with E-state index in [2.05, 4.69) is 41.3 Å². The number of rotatable bonds is 10. The van der Waals surface area contributed by atoms with Crippen molar-refractivity contribution >= 4 is 16.7 Å². The van der Waals surface area contributed by atoms with Gasteiger partial charge in [-0.3, -0.25) is 4.79 Å². The summed E-state index contributed by atoms with van der Waals surface area (Å²) in [6.45, 7) is 6.14. The van der Waals surface area contributed by atoms with Gasteiger partial charge in [-0.25, -0.2) is 0 Å². The minimum atomic E-state index is -0.159. The maximum absolute atomic E-state index is 12.7. The van der Waals surface area contributed by atoms with Crippen LogP contribution in [0.25, 0.3) is 10.8 Å². The summed E-state index contributed by atoms with van der Waals surface area (Å²) in [6.07, 6.45) is 9.80. The predicted octanol–water partition coefficient (Wildman–Crippen LogP) is 5.92. The summed E-state index contributed by atoms with van der Waals surface area (Å²) in [5, 5.41) is 2.36. The summed E-state index contributed by atoms with van der Waals surface area (Å²) in [4.78, 5) is 15.3. The Morgan fingerprint density at radius 1 is 0.964 bits per heavy atom. The highest BCUT2D eigenvalue weighted by atomic mass is 16.5. The second-order valence-corrected chi connectivity index (χ2v) is 7.98. The summed E-state index contributed by atoms with van der Waals surface area (Å²) < 4.78 is 5.42. The lowest BCUT2D eigenvalue weighted by Crippen LogP contribution is -2.30. The average Bonchev–Trinajstić information content (AvgIpc) is 2.74. The first-order chi connectivity index (χ1) is 13.8. The fourth-order valence-electron chi connectivity index (χ4n) is 4.42. The van der Waals surface area contributed by atoms with Gasteiger partial charge in [-0.05, 0) is 68.6 Å². The zero-order valence-electron chi connectivity index (χ0n) is 17.4. The number of ether oxygens (including phenoxy) is 1. The number of unbranched alkanes of at least 4 members (excludes halogenated alkanes) is 3. The molecule has 3 nitrogen and oxygen atoms in total. The van der Waals surface area contributed by atoms with E-state index in [-0.39, 0.29) is 11.9 Å². The van der Waals surface area contributed by atoms with Crippen LogP contribution in [0.15, 0.2) is 42.5 Å². The lowest BCUT2D eigenvalue weighted by Gasteiger charge is -2.26. The smallest absolute Gasteiger partial charge is 0.313 e. The number of benzene rings is 2. The van der Waals surface area contributed by atoms with E-state index in [0.717, 1.165) is 18.4 Å². The molecular formula is C25H35NO2. The van der Waals surface area contributed by atoms with Gasteiger partial charge in [0.05, 0.1) is 12.5 Å². The highest BCUT2D eigenvalue weighted by Crippen LogP contribution is 2.30. The summed E-state index contributed by atoms with van der Waals surface area (Å²) >= 11 is 0. The minimum Gasteiger partial charge on any atom is -0.466 e. The van der Waals surface area contributed by atoms with Crippen LogP contribution in [0.5, 0.6) is 0 Å². The second kappa shape index (κ2) is 11.2. The van der Waals surface area contributed by atoms with Gasteiger partial charge in [0, 0.05) is 0 Å². The van der Waals surface area contributed by atoms with Crippen LogP contribution in [0.1, 0.15) is 69.8 Å². The number of esters is 1. The molecule has 2 aromatic rings. The van der Waals surface area contributed by atoms with Crippen LogP contribution in [0.4, 0.5) is 0 Å². The third-order valence-corrected chi connectivity index (χ3v) is 5.94. The fraction of sp³-hybridized carbons (Fsp3) is 0.560. The van der Waals surface area contributed by atoms with Crippen LogP contribution >= 0.6 is 0 Å². The lowest BCUT2D eigenvalue weighted by molar-refractivity contribution is -0.145. The Kier molecular flexibility index (Phi) is 8.35. The molecule has 1 aliphatic rings. The molecule has 3 heteroatoms. The SMILES string of the molecule is CCOC(=O)C(CCCCCCN1CCCCC1)c1cccc2ccccc12. The number of hydrogen-bond donors (Lipinski definition) is 0. The van der Waals surface area contributed by atoms with Crippen LogP contribution in [0.3, 0.4) is 0 Å². The Balaban J connectivity index is 1.54. The maximum atomic E-state index is 12.7. The number of carbonyl (C=O) groups excluding carboxylic acids is 1. The number of likely N-dealkylation sites (tertiary alicyclic amines) is 1. The number of piperidine rings is 1. The number of nitrogens with zero attached hydrogens (tertiary/aromatic N) is 1. The van der Waals surface area contributed by atoms with Crippen molar-refractivity contribution in [2.24, 2.45) is 0 Å². The van der Waals surface area contributed by atoms with Gasteiger partial charge >= 0.3 is 5.97 Å².